The number of ketones is 1. The van der Waals surface area contributed by atoms with Gasteiger partial charge in [0.1, 0.15) is 23.9 Å². The van der Waals surface area contributed by atoms with Gasteiger partial charge in [-0.05, 0) is 36.9 Å². The lowest BCUT2D eigenvalue weighted by molar-refractivity contribution is 0.1000. The molecule has 0 atom stereocenters. The summed E-state index contributed by atoms with van der Waals surface area (Å²) >= 11 is 0. The summed E-state index contributed by atoms with van der Waals surface area (Å²) in [6.45, 7) is 1.36. The van der Waals surface area contributed by atoms with Crippen LogP contribution in [0.25, 0.3) is 6.08 Å². The summed E-state index contributed by atoms with van der Waals surface area (Å²) in [6.07, 6.45) is 1.74. The predicted molar refractivity (Wildman–Crippen MR) is 134 cm³/mol. The van der Waals surface area contributed by atoms with Crippen molar-refractivity contribution >= 4 is 11.9 Å². The molecule has 0 amide bonds. The lowest BCUT2D eigenvalue weighted by atomic mass is 9.97. The monoisotopic (exact) mass is 475 g/mol. The molecular weight excluding hydrogens is 446 g/mol. The van der Waals surface area contributed by atoms with Crippen molar-refractivity contribution < 1.29 is 28.8 Å². The van der Waals surface area contributed by atoms with E-state index in [4.69, 9.17) is 18.9 Å². The number of para-hydroxylation sites is 1. The Morgan fingerprint density at radius 1 is 0.914 bits per heavy atom. The number of phenolic OH excluding ortho intramolecular Hbond substituents is 1. The Balaban J connectivity index is 1.50. The first-order valence-corrected chi connectivity index (χ1v) is 11.2. The van der Waals surface area contributed by atoms with Gasteiger partial charge in [-0.25, -0.2) is 0 Å². The predicted octanol–water partition coefficient (Wildman–Crippen LogP) is 4.71. The maximum Gasteiger partial charge on any atom is 0.196 e. The van der Waals surface area contributed by atoms with Gasteiger partial charge in [-0.3, -0.25) is 9.69 Å². The van der Waals surface area contributed by atoms with E-state index in [2.05, 4.69) is 4.90 Å². The first-order valence-electron chi connectivity index (χ1n) is 11.2. The molecule has 7 nitrogen and oxygen atoms in total. The molecule has 182 valence electrons. The highest BCUT2D eigenvalue weighted by atomic mass is 16.5. The second kappa shape index (κ2) is 10.5. The van der Waals surface area contributed by atoms with E-state index in [1.54, 1.807) is 31.4 Å². The normalized spacial score (nSPS) is 14.0. The molecule has 1 heterocycles. The molecule has 1 aliphatic heterocycles. The zero-order valence-corrected chi connectivity index (χ0v) is 20.3. The third-order valence-corrected chi connectivity index (χ3v) is 5.93. The van der Waals surface area contributed by atoms with Crippen LogP contribution in [0.3, 0.4) is 0 Å². The Morgan fingerprint density at radius 3 is 2.31 bits per heavy atom. The van der Waals surface area contributed by atoms with Gasteiger partial charge >= 0.3 is 0 Å². The van der Waals surface area contributed by atoms with Crippen molar-refractivity contribution in [2.24, 2.45) is 0 Å². The maximum atomic E-state index is 13.1. The minimum Gasteiger partial charge on any atom is -0.508 e. The van der Waals surface area contributed by atoms with E-state index in [-0.39, 0.29) is 18.1 Å². The Labute approximate surface area is 205 Å². The number of Topliss-reactive ketones (excluding diaryl/α,β-unsaturated/α-hetero) is 1. The molecule has 0 unspecified atom stereocenters. The average molecular weight is 476 g/mol. The third-order valence-electron chi connectivity index (χ3n) is 5.93. The van der Waals surface area contributed by atoms with Gasteiger partial charge in [0.15, 0.2) is 17.3 Å². The van der Waals surface area contributed by atoms with Gasteiger partial charge in [0.25, 0.3) is 0 Å². The summed E-state index contributed by atoms with van der Waals surface area (Å²) in [7, 11) is 6.70. The molecule has 35 heavy (non-hydrogen) atoms. The van der Waals surface area contributed by atoms with Crippen molar-refractivity contribution in [1.29, 1.82) is 0 Å². The molecule has 3 aromatic carbocycles. The Bertz CT molecular complexity index is 1270. The molecule has 0 saturated carbocycles. The molecular formula is C28H29NO6. The SMILES string of the molecule is COc1ccccc1CN(C)Cc1ccc(/C=C2\COc3cc(OC)c(OC)cc3C2=O)cc1O. The highest BCUT2D eigenvalue weighted by Gasteiger charge is 2.26. The van der Waals surface area contributed by atoms with Gasteiger partial charge in [0, 0.05) is 35.9 Å². The molecule has 0 aromatic heterocycles. The van der Waals surface area contributed by atoms with E-state index in [0.29, 0.717) is 41.5 Å². The summed E-state index contributed by atoms with van der Waals surface area (Å²) in [6, 6.07) is 16.6. The lowest BCUT2D eigenvalue weighted by Crippen LogP contribution is -2.19. The maximum absolute atomic E-state index is 13.1. The van der Waals surface area contributed by atoms with Crippen LogP contribution in [-0.2, 0) is 13.1 Å². The Hall–Kier alpha value is -3.97. The largest absolute Gasteiger partial charge is 0.508 e. The number of hydrogen-bond acceptors (Lipinski definition) is 7. The Morgan fingerprint density at radius 2 is 1.60 bits per heavy atom. The fraction of sp³-hybridized carbons (Fsp3) is 0.250. The van der Waals surface area contributed by atoms with Crippen LogP contribution in [0.1, 0.15) is 27.0 Å². The molecule has 1 N–H and O–H groups in total. The van der Waals surface area contributed by atoms with Crippen LogP contribution in [0.4, 0.5) is 0 Å². The van der Waals surface area contributed by atoms with Crippen LogP contribution in [-0.4, -0.2) is 50.8 Å². The fourth-order valence-corrected chi connectivity index (χ4v) is 4.14. The number of methoxy groups -OCH3 is 3. The van der Waals surface area contributed by atoms with Crippen LogP contribution >= 0.6 is 0 Å². The number of aromatic hydroxyl groups is 1. The number of carbonyl (C=O) groups is 1. The number of nitrogens with zero attached hydrogens (tertiary/aromatic N) is 1. The van der Waals surface area contributed by atoms with Gasteiger partial charge in [-0.15, -0.1) is 0 Å². The first kappa shape index (κ1) is 24.2. The number of rotatable bonds is 8. The van der Waals surface area contributed by atoms with Gasteiger partial charge in [-0.1, -0.05) is 30.3 Å². The lowest BCUT2D eigenvalue weighted by Gasteiger charge is -2.21. The van der Waals surface area contributed by atoms with E-state index < -0.39 is 0 Å². The van der Waals surface area contributed by atoms with Crippen LogP contribution in [0, 0.1) is 0 Å². The molecule has 7 heteroatoms. The van der Waals surface area contributed by atoms with Crippen molar-refractivity contribution in [2.75, 3.05) is 35.0 Å². The van der Waals surface area contributed by atoms with Crippen molar-refractivity contribution in [3.05, 3.63) is 82.4 Å². The zero-order valence-electron chi connectivity index (χ0n) is 20.3. The minimum absolute atomic E-state index is 0.130. The van der Waals surface area contributed by atoms with E-state index in [1.807, 2.05) is 43.4 Å². The number of hydrogen-bond donors (Lipinski definition) is 1. The molecule has 0 saturated heterocycles. The van der Waals surface area contributed by atoms with Crippen LogP contribution in [0.2, 0.25) is 0 Å². The smallest absolute Gasteiger partial charge is 0.196 e. The minimum atomic E-state index is -0.146. The second-order valence-corrected chi connectivity index (χ2v) is 8.36. The molecule has 0 spiro atoms. The molecule has 4 rings (SSSR count). The highest BCUT2D eigenvalue weighted by Crippen LogP contribution is 2.38. The zero-order chi connectivity index (χ0) is 24.9. The van der Waals surface area contributed by atoms with E-state index in [9.17, 15) is 9.90 Å². The molecule has 0 radical (unpaired) electrons. The van der Waals surface area contributed by atoms with Gasteiger partial charge in [-0.2, -0.15) is 0 Å². The summed E-state index contributed by atoms with van der Waals surface area (Å²) < 4.78 is 21.8. The van der Waals surface area contributed by atoms with E-state index >= 15 is 0 Å². The highest BCUT2D eigenvalue weighted by molar-refractivity contribution is 6.14. The fourth-order valence-electron chi connectivity index (χ4n) is 4.14. The quantitative estimate of drug-likeness (QED) is 0.473. The second-order valence-electron chi connectivity index (χ2n) is 8.36. The number of ether oxygens (including phenoxy) is 4. The summed E-state index contributed by atoms with van der Waals surface area (Å²) in [5.74, 6) is 2.28. The van der Waals surface area contributed by atoms with E-state index in [0.717, 1.165) is 22.4 Å². The molecule has 0 fully saturated rings. The van der Waals surface area contributed by atoms with Gasteiger partial charge in [0.05, 0.1) is 26.9 Å². The van der Waals surface area contributed by atoms with Crippen LogP contribution in [0.5, 0.6) is 28.7 Å². The van der Waals surface area contributed by atoms with Crippen LogP contribution in [0.15, 0.2) is 60.2 Å². The molecule has 0 bridgehead atoms. The Kier molecular flexibility index (Phi) is 7.27. The number of fused-ring (bicyclic) bond motifs is 1. The van der Waals surface area contributed by atoms with Crippen molar-refractivity contribution in [1.82, 2.24) is 4.90 Å². The molecule has 0 aliphatic carbocycles. The number of benzene rings is 3. The van der Waals surface area contributed by atoms with Gasteiger partial charge < -0.3 is 24.1 Å². The number of phenols is 1. The summed E-state index contributed by atoms with van der Waals surface area (Å²) in [5.41, 5.74) is 3.49. The molecule has 1 aliphatic rings. The summed E-state index contributed by atoms with van der Waals surface area (Å²) in [5, 5.41) is 10.7. The average Bonchev–Trinajstić information content (AvgIpc) is 2.87. The number of carbonyl (C=O) groups excluding carboxylic acids is 1. The van der Waals surface area contributed by atoms with Crippen molar-refractivity contribution in [3.63, 3.8) is 0 Å². The molecule has 3 aromatic rings. The standard InChI is InChI=1S/C28H29NO6/c1-29(16-20-7-5-6-8-24(20)32-2)15-19-10-9-18(12-23(19)30)11-21-17-35-25-14-27(34-4)26(33-3)13-22(25)28(21)31/h5-14,30H,15-17H2,1-4H3/b21-11+. The van der Waals surface area contributed by atoms with Crippen LogP contribution < -0.4 is 18.9 Å². The van der Waals surface area contributed by atoms with E-state index in [1.165, 1.54) is 14.2 Å². The van der Waals surface area contributed by atoms with Crippen molar-refractivity contribution in [3.8, 4) is 28.7 Å². The topological polar surface area (TPSA) is 77.5 Å². The summed E-state index contributed by atoms with van der Waals surface area (Å²) in [4.78, 5) is 15.2. The third kappa shape index (κ3) is 5.25. The first-order chi connectivity index (χ1) is 16.9. The van der Waals surface area contributed by atoms with Gasteiger partial charge in [0.2, 0.25) is 0 Å². The van der Waals surface area contributed by atoms with Crippen molar-refractivity contribution in [2.45, 2.75) is 13.1 Å².